The van der Waals surface area contributed by atoms with Gasteiger partial charge in [-0.3, -0.25) is 9.36 Å². The van der Waals surface area contributed by atoms with Crippen LogP contribution < -0.4 is 14.9 Å². The molecule has 8 nitrogen and oxygen atoms in total. The minimum atomic E-state index is -0.746. The van der Waals surface area contributed by atoms with Gasteiger partial charge in [-0.15, -0.1) is 0 Å². The maximum Gasteiger partial charge on any atom is 0.338 e. The van der Waals surface area contributed by atoms with E-state index in [1.807, 2.05) is 93.6 Å². The van der Waals surface area contributed by atoms with Gasteiger partial charge in [-0.2, -0.15) is 0 Å². The van der Waals surface area contributed by atoms with Gasteiger partial charge in [0.1, 0.15) is 11.5 Å². The Kier molecular flexibility index (Phi) is 8.68. The highest BCUT2D eigenvalue weighted by Gasteiger charge is 2.35. The van der Waals surface area contributed by atoms with Gasteiger partial charge >= 0.3 is 11.9 Å². The lowest BCUT2D eigenvalue weighted by molar-refractivity contribution is -0.138. The molecule has 0 spiro atoms. The molecule has 0 aliphatic carbocycles. The maximum atomic E-state index is 14.1. The summed E-state index contributed by atoms with van der Waals surface area (Å²) < 4.78 is 19.0. The van der Waals surface area contributed by atoms with E-state index in [1.165, 1.54) is 11.3 Å². The lowest BCUT2D eigenvalue weighted by Crippen LogP contribution is -2.39. The molecule has 0 bridgehead atoms. The minimum Gasteiger partial charge on any atom is -0.463 e. The Morgan fingerprint density at radius 3 is 2.37 bits per heavy atom. The molecule has 1 aliphatic heterocycles. The number of aromatic nitrogens is 1. The van der Waals surface area contributed by atoms with Gasteiger partial charge in [-0.25, -0.2) is 14.6 Å². The van der Waals surface area contributed by atoms with Gasteiger partial charge in [0, 0.05) is 17.2 Å². The van der Waals surface area contributed by atoms with Crippen LogP contribution in [0.1, 0.15) is 59.6 Å². The molecule has 1 atom stereocenters. The number of benzene rings is 3. The van der Waals surface area contributed by atoms with Crippen molar-refractivity contribution in [2.24, 2.45) is 4.99 Å². The Bertz CT molecular complexity index is 2140. The Labute approximate surface area is 269 Å². The lowest BCUT2D eigenvalue weighted by atomic mass is 9.93. The van der Waals surface area contributed by atoms with E-state index in [9.17, 15) is 14.4 Å². The van der Waals surface area contributed by atoms with Crippen molar-refractivity contribution in [3.63, 3.8) is 0 Å². The predicted molar refractivity (Wildman–Crippen MR) is 177 cm³/mol. The van der Waals surface area contributed by atoms with Gasteiger partial charge in [-0.05, 0) is 63.1 Å². The fraction of sp³-hybridized carbons (Fsp3) is 0.189. The van der Waals surface area contributed by atoms with Crippen molar-refractivity contribution in [1.82, 2.24) is 4.57 Å². The van der Waals surface area contributed by atoms with E-state index in [0.717, 1.165) is 22.3 Å². The van der Waals surface area contributed by atoms with Gasteiger partial charge in [0.2, 0.25) is 0 Å². The minimum absolute atomic E-state index is 0.182. The zero-order valence-electron chi connectivity index (χ0n) is 25.9. The molecule has 0 saturated carbocycles. The van der Waals surface area contributed by atoms with Crippen LogP contribution in [0.3, 0.4) is 0 Å². The third kappa shape index (κ3) is 6.01. The monoisotopic (exact) mass is 632 g/mol. The van der Waals surface area contributed by atoms with E-state index in [-0.39, 0.29) is 24.2 Å². The molecule has 1 aliphatic rings. The number of carbonyl (C=O) groups is 2. The van der Waals surface area contributed by atoms with Crippen LogP contribution in [0.2, 0.25) is 0 Å². The van der Waals surface area contributed by atoms with Crippen LogP contribution in [0, 0.1) is 6.92 Å². The molecule has 0 unspecified atom stereocenters. The fourth-order valence-electron chi connectivity index (χ4n) is 5.44. The summed E-state index contributed by atoms with van der Waals surface area (Å²) >= 11 is 1.23. The van der Waals surface area contributed by atoms with Gasteiger partial charge < -0.3 is 13.9 Å². The normalized spacial score (nSPS) is 14.6. The average Bonchev–Trinajstić information content (AvgIpc) is 3.64. The van der Waals surface area contributed by atoms with Crippen LogP contribution in [-0.2, 0) is 14.3 Å². The van der Waals surface area contributed by atoms with Crippen molar-refractivity contribution in [2.75, 3.05) is 6.61 Å². The molecule has 2 aromatic heterocycles. The number of carbonyl (C=O) groups excluding carboxylic acids is 2. The van der Waals surface area contributed by atoms with Gasteiger partial charge in [0.15, 0.2) is 4.80 Å². The summed E-state index contributed by atoms with van der Waals surface area (Å²) in [5.74, 6) is 0.170. The van der Waals surface area contributed by atoms with Gasteiger partial charge in [-0.1, -0.05) is 78.1 Å². The fourth-order valence-corrected chi connectivity index (χ4v) is 6.43. The van der Waals surface area contributed by atoms with E-state index in [2.05, 4.69) is 0 Å². The molecule has 46 heavy (non-hydrogen) atoms. The van der Waals surface area contributed by atoms with E-state index >= 15 is 0 Å². The van der Waals surface area contributed by atoms with E-state index in [0.29, 0.717) is 37.7 Å². The summed E-state index contributed by atoms with van der Waals surface area (Å²) in [4.78, 5) is 45.4. The quantitative estimate of drug-likeness (QED) is 0.193. The van der Waals surface area contributed by atoms with Crippen LogP contribution in [-0.4, -0.2) is 29.2 Å². The topological polar surface area (TPSA) is 100 Å². The molecule has 5 aromatic rings. The lowest BCUT2D eigenvalue weighted by Gasteiger charge is -2.25. The Morgan fingerprint density at radius 1 is 0.978 bits per heavy atom. The average molecular weight is 633 g/mol. The first-order valence-electron chi connectivity index (χ1n) is 15.0. The first kappa shape index (κ1) is 30.7. The summed E-state index contributed by atoms with van der Waals surface area (Å²) in [6, 6.07) is 27.1. The summed E-state index contributed by atoms with van der Waals surface area (Å²) in [7, 11) is 0. The molecule has 3 heterocycles. The van der Waals surface area contributed by atoms with Crippen LogP contribution in [0.5, 0.6) is 0 Å². The van der Waals surface area contributed by atoms with Gasteiger partial charge in [0.25, 0.3) is 5.56 Å². The SMILES string of the molecule is CCOC(=O)C1=C(c2ccccc2)N=c2s/c(=C/c3ccc(-c4ccc(C(=O)OC(C)C)cc4C)o3)c(=O)n2[C@H]1c1ccccc1. The Morgan fingerprint density at radius 2 is 1.70 bits per heavy atom. The Hall–Kier alpha value is -5.28. The predicted octanol–water partition coefficient (Wildman–Crippen LogP) is 6.07. The number of aryl methyl sites for hydroxylation is 1. The highest BCUT2D eigenvalue weighted by molar-refractivity contribution is 7.07. The number of hydrogen-bond donors (Lipinski definition) is 0. The molecule has 0 amide bonds. The second-order valence-electron chi connectivity index (χ2n) is 11.0. The van der Waals surface area contributed by atoms with E-state index < -0.39 is 12.0 Å². The van der Waals surface area contributed by atoms with Crippen molar-refractivity contribution in [3.05, 3.63) is 144 Å². The molecule has 6 rings (SSSR count). The second-order valence-corrected chi connectivity index (χ2v) is 12.0. The van der Waals surface area contributed by atoms with Crippen LogP contribution >= 0.6 is 11.3 Å². The van der Waals surface area contributed by atoms with Crippen LogP contribution in [0.15, 0.2) is 111 Å². The largest absolute Gasteiger partial charge is 0.463 e. The van der Waals surface area contributed by atoms with Crippen molar-refractivity contribution in [2.45, 2.75) is 39.8 Å². The number of furan rings is 1. The molecule has 9 heteroatoms. The molecule has 3 aromatic carbocycles. The molecular formula is C37H32N2O6S. The van der Waals surface area contributed by atoms with Crippen LogP contribution in [0.25, 0.3) is 23.1 Å². The highest BCUT2D eigenvalue weighted by atomic mass is 32.1. The first-order chi connectivity index (χ1) is 22.2. The molecule has 0 fully saturated rings. The molecule has 0 N–H and O–H groups in total. The Balaban J connectivity index is 1.46. The summed E-state index contributed by atoms with van der Waals surface area (Å²) in [5, 5.41) is 0. The van der Waals surface area contributed by atoms with Crippen LogP contribution in [0.4, 0.5) is 0 Å². The smallest absolute Gasteiger partial charge is 0.338 e. The van der Waals surface area contributed by atoms with Gasteiger partial charge in [0.05, 0.1) is 40.1 Å². The zero-order chi connectivity index (χ0) is 32.4. The van der Waals surface area contributed by atoms with Crippen molar-refractivity contribution >= 4 is 35.0 Å². The third-order valence-corrected chi connectivity index (χ3v) is 8.44. The third-order valence-electron chi connectivity index (χ3n) is 7.46. The summed E-state index contributed by atoms with van der Waals surface area (Å²) in [6.45, 7) is 7.45. The number of rotatable bonds is 8. The molecule has 0 radical (unpaired) electrons. The van der Waals surface area contributed by atoms with E-state index in [1.54, 1.807) is 35.8 Å². The number of esters is 2. The van der Waals surface area contributed by atoms with Crippen molar-refractivity contribution < 1.29 is 23.5 Å². The molecular weight excluding hydrogens is 600 g/mol. The number of ether oxygens (including phenoxy) is 2. The van der Waals surface area contributed by atoms with E-state index in [4.69, 9.17) is 18.9 Å². The van der Waals surface area contributed by atoms with Crippen molar-refractivity contribution in [3.8, 4) is 11.3 Å². The first-order valence-corrected chi connectivity index (χ1v) is 15.8. The summed E-state index contributed by atoms with van der Waals surface area (Å²) in [5.41, 5.74) is 4.12. The summed E-state index contributed by atoms with van der Waals surface area (Å²) in [6.07, 6.45) is 1.48. The maximum absolute atomic E-state index is 14.1. The van der Waals surface area contributed by atoms with Crippen molar-refractivity contribution in [1.29, 1.82) is 0 Å². The molecule has 0 saturated heterocycles. The second kappa shape index (κ2) is 13.0. The standard InChI is InChI=1S/C37H32N2O6S/c1-5-43-36(42)31-32(24-12-8-6-9-13-24)38-37-39(33(31)25-14-10-7-11-15-25)34(40)30(46-37)21-27-17-19-29(45-27)28-18-16-26(20-23(28)4)35(41)44-22(2)3/h6-22,33H,5H2,1-4H3/b30-21+/t33-/m0/s1. The molecule has 232 valence electrons. The number of thiazole rings is 1. The number of nitrogens with zero attached hydrogens (tertiary/aromatic N) is 2. The number of fused-ring (bicyclic) bond motifs is 1. The number of hydrogen-bond acceptors (Lipinski definition) is 8. The zero-order valence-corrected chi connectivity index (χ0v) is 26.7. The highest BCUT2D eigenvalue weighted by Crippen LogP contribution is 2.35.